The molecule has 0 amide bonds. The van der Waals surface area contributed by atoms with Gasteiger partial charge in [0.05, 0.1) is 11.9 Å². The lowest BCUT2D eigenvalue weighted by Crippen LogP contribution is -2.40. The number of hydrogen-bond donors (Lipinski definition) is 0. The van der Waals surface area contributed by atoms with Crippen LogP contribution in [0.5, 0.6) is 0 Å². The normalized spacial score (nSPS) is 11.4. The predicted molar refractivity (Wildman–Crippen MR) is 103 cm³/mol. The van der Waals surface area contributed by atoms with Crippen molar-refractivity contribution in [2.24, 2.45) is 7.05 Å². The van der Waals surface area contributed by atoms with Gasteiger partial charge in [0.2, 0.25) is 0 Å². The summed E-state index contributed by atoms with van der Waals surface area (Å²) in [5, 5.41) is 0.336. The summed E-state index contributed by atoms with van der Waals surface area (Å²) in [5.41, 5.74) is 0.949. The number of hydrogen-bond acceptors (Lipinski definition) is 5. The van der Waals surface area contributed by atoms with E-state index in [-0.39, 0.29) is 6.54 Å². The molecule has 7 nitrogen and oxygen atoms in total. The first-order chi connectivity index (χ1) is 13.1. The second kappa shape index (κ2) is 8.28. The average molecular weight is 369 g/mol. The van der Waals surface area contributed by atoms with Gasteiger partial charge in [-0.3, -0.25) is 13.9 Å². The molecule has 0 N–H and O–H groups in total. The fourth-order valence-corrected chi connectivity index (χ4v) is 3.06. The SMILES string of the molecule is CCOC(OCC)c1ccnc2c1c(=O)n(Cc1ccccc1)c(=O)n2C. The zero-order valence-corrected chi connectivity index (χ0v) is 15.7. The monoisotopic (exact) mass is 369 g/mol. The minimum Gasteiger partial charge on any atom is -0.349 e. The third-order valence-electron chi connectivity index (χ3n) is 4.33. The van der Waals surface area contributed by atoms with Gasteiger partial charge in [-0.1, -0.05) is 30.3 Å². The summed E-state index contributed by atoms with van der Waals surface area (Å²) in [7, 11) is 1.61. The topological polar surface area (TPSA) is 75.3 Å². The fourth-order valence-electron chi connectivity index (χ4n) is 3.06. The van der Waals surface area contributed by atoms with Gasteiger partial charge < -0.3 is 9.47 Å². The molecule has 0 fully saturated rings. The molecule has 142 valence electrons. The Kier molecular flexibility index (Phi) is 5.83. The van der Waals surface area contributed by atoms with Crippen LogP contribution in [0.1, 0.15) is 31.3 Å². The third kappa shape index (κ3) is 3.70. The maximum absolute atomic E-state index is 13.2. The van der Waals surface area contributed by atoms with E-state index in [1.54, 1.807) is 19.3 Å². The van der Waals surface area contributed by atoms with Gasteiger partial charge in [0.15, 0.2) is 6.29 Å². The van der Waals surface area contributed by atoms with Crippen LogP contribution in [-0.2, 0) is 23.1 Å². The third-order valence-corrected chi connectivity index (χ3v) is 4.33. The van der Waals surface area contributed by atoms with Crippen molar-refractivity contribution < 1.29 is 9.47 Å². The van der Waals surface area contributed by atoms with Crippen molar-refractivity contribution in [3.63, 3.8) is 0 Å². The van der Waals surface area contributed by atoms with Gasteiger partial charge in [-0.15, -0.1) is 0 Å². The van der Waals surface area contributed by atoms with E-state index in [0.717, 1.165) is 5.56 Å². The second-order valence-electron chi connectivity index (χ2n) is 6.06. The predicted octanol–water partition coefficient (Wildman–Crippen LogP) is 2.22. The summed E-state index contributed by atoms with van der Waals surface area (Å²) in [4.78, 5) is 30.3. The van der Waals surface area contributed by atoms with Crippen molar-refractivity contribution >= 4 is 11.0 Å². The number of pyridine rings is 1. The summed E-state index contributed by atoms with van der Waals surface area (Å²) in [5.74, 6) is 0. The van der Waals surface area contributed by atoms with E-state index in [0.29, 0.717) is 29.8 Å². The van der Waals surface area contributed by atoms with Gasteiger partial charge in [-0.25, -0.2) is 9.78 Å². The van der Waals surface area contributed by atoms with Gasteiger partial charge in [0, 0.05) is 32.0 Å². The average Bonchev–Trinajstić information content (AvgIpc) is 2.69. The zero-order chi connectivity index (χ0) is 19.4. The second-order valence-corrected chi connectivity index (χ2v) is 6.06. The van der Waals surface area contributed by atoms with E-state index in [1.807, 2.05) is 44.2 Å². The Balaban J connectivity index is 2.26. The van der Waals surface area contributed by atoms with E-state index in [2.05, 4.69) is 4.98 Å². The van der Waals surface area contributed by atoms with Crippen molar-refractivity contribution in [2.45, 2.75) is 26.7 Å². The quantitative estimate of drug-likeness (QED) is 0.597. The molecular formula is C20H23N3O4. The van der Waals surface area contributed by atoms with Crippen LogP contribution in [-0.4, -0.2) is 27.3 Å². The largest absolute Gasteiger partial charge is 0.349 e. The van der Waals surface area contributed by atoms with E-state index >= 15 is 0 Å². The van der Waals surface area contributed by atoms with E-state index in [1.165, 1.54) is 9.13 Å². The Morgan fingerprint density at radius 3 is 2.33 bits per heavy atom. The Morgan fingerprint density at radius 1 is 1.04 bits per heavy atom. The van der Waals surface area contributed by atoms with Crippen molar-refractivity contribution in [1.82, 2.24) is 14.1 Å². The summed E-state index contributed by atoms with van der Waals surface area (Å²) < 4.78 is 14.0. The summed E-state index contributed by atoms with van der Waals surface area (Å²) >= 11 is 0. The number of fused-ring (bicyclic) bond motifs is 1. The lowest BCUT2D eigenvalue weighted by Gasteiger charge is -2.19. The molecule has 0 atom stereocenters. The van der Waals surface area contributed by atoms with Gasteiger partial charge in [-0.05, 0) is 25.5 Å². The maximum atomic E-state index is 13.2. The molecule has 0 saturated heterocycles. The van der Waals surface area contributed by atoms with Crippen LogP contribution in [0.2, 0.25) is 0 Å². The highest BCUT2D eigenvalue weighted by atomic mass is 16.7. The molecule has 2 aromatic heterocycles. The van der Waals surface area contributed by atoms with Crippen LogP contribution in [0.3, 0.4) is 0 Å². The van der Waals surface area contributed by atoms with Gasteiger partial charge >= 0.3 is 5.69 Å². The number of benzene rings is 1. The Hall–Kier alpha value is -2.77. The molecule has 3 rings (SSSR count). The Morgan fingerprint density at radius 2 is 1.70 bits per heavy atom. The van der Waals surface area contributed by atoms with E-state index in [4.69, 9.17) is 9.47 Å². The molecule has 2 heterocycles. The summed E-state index contributed by atoms with van der Waals surface area (Å²) in [6.07, 6.45) is 0.865. The van der Waals surface area contributed by atoms with Crippen LogP contribution in [0.15, 0.2) is 52.2 Å². The molecule has 27 heavy (non-hydrogen) atoms. The molecule has 0 aliphatic heterocycles. The van der Waals surface area contributed by atoms with Crippen molar-refractivity contribution in [3.8, 4) is 0 Å². The Labute approximate surface area is 156 Å². The van der Waals surface area contributed by atoms with Crippen molar-refractivity contribution in [3.05, 3.63) is 74.6 Å². The van der Waals surface area contributed by atoms with Crippen LogP contribution in [0.25, 0.3) is 11.0 Å². The smallest absolute Gasteiger partial charge is 0.332 e. The van der Waals surface area contributed by atoms with Gasteiger partial charge in [0.25, 0.3) is 5.56 Å². The van der Waals surface area contributed by atoms with Gasteiger partial charge in [0.1, 0.15) is 5.65 Å². The van der Waals surface area contributed by atoms with Crippen LogP contribution < -0.4 is 11.2 Å². The molecule has 0 unspecified atom stereocenters. The number of aromatic nitrogens is 3. The number of nitrogens with zero attached hydrogens (tertiary/aromatic N) is 3. The van der Waals surface area contributed by atoms with Crippen molar-refractivity contribution in [2.75, 3.05) is 13.2 Å². The minimum atomic E-state index is -0.694. The molecule has 0 aliphatic carbocycles. The molecule has 0 radical (unpaired) electrons. The maximum Gasteiger partial charge on any atom is 0.332 e. The van der Waals surface area contributed by atoms with Crippen LogP contribution in [0, 0.1) is 0 Å². The fraction of sp³-hybridized carbons (Fsp3) is 0.350. The van der Waals surface area contributed by atoms with Crippen LogP contribution in [0.4, 0.5) is 0 Å². The lowest BCUT2D eigenvalue weighted by atomic mass is 10.1. The highest BCUT2D eigenvalue weighted by molar-refractivity contribution is 5.78. The Bertz CT molecular complexity index is 1030. The molecule has 7 heteroatoms. The molecule has 1 aromatic carbocycles. The lowest BCUT2D eigenvalue weighted by molar-refractivity contribution is -0.139. The highest BCUT2D eigenvalue weighted by Crippen LogP contribution is 2.23. The highest BCUT2D eigenvalue weighted by Gasteiger charge is 2.21. The first-order valence-electron chi connectivity index (χ1n) is 8.94. The van der Waals surface area contributed by atoms with E-state index < -0.39 is 17.5 Å². The molecule has 0 aliphatic rings. The number of ether oxygens (including phenoxy) is 2. The zero-order valence-electron chi connectivity index (χ0n) is 15.7. The summed E-state index contributed by atoms with van der Waals surface area (Å²) in [6, 6.07) is 11.1. The molecule has 3 aromatic rings. The first kappa shape index (κ1) is 19.0. The summed E-state index contributed by atoms with van der Waals surface area (Å²) in [6.45, 7) is 4.76. The number of aryl methyl sites for hydroxylation is 1. The number of rotatable bonds is 7. The standard InChI is InChI=1S/C20H23N3O4/c1-4-26-19(27-5-2)15-11-12-21-17-16(15)18(24)23(20(25)22(17)3)13-14-9-7-6-8-10-14/h6-12,19H,4-5,13H2,1-3H3. The molecule has 0 saturated carbocycles. The van der Waals surface area contributed by atoms with Crippen LogP contribution >= 0.6 is 0 Å². The molecular weight excluding hydrogens is 346 g/mol. The molecule has 0 spiro atoms. The minimum absolute atomic E-state index is 0.185. The van der Waals surface area contributed by atoms with Gasteiger partial charge in [-0.2, -0.15) is 0 Å². The first-order valence-corrected chi connectivity index (χ1v) is 8.94. The van der Waals surface area contributed by atoms with E-state index in [9.17, 15) is 9.59 Å². The van der Waals surface area contributed by atoms with Crippen molar-refractivity contribution in [1.29, 1.82) is 0 Å². The molecule has 0 bridgehead atoms.